The highest BCUT2D eigenvalue weighted by Crippen LogP contribution is 2.22. The summed E-state index contributed by atoms with van der Waals surface area (Å²) in [5, 5.41) is 0. The molecule has 0 aliphatic rings. The topological polar surface area (TPSA) is 83.3 Å². The van der Waals surface area contributed by atoms with E-state index in [1.54, 1.807) is 11.5 Å². The lowest BCUT2D eigenvalue weighted by atomic mass is 10.3. The van der Waals surface area contributed by atoms with Gasteiger partial charge in [0, 0.05) is 13.0 Å². The molecule has 0 saturated carbocycles. The lowest BCUT2D eigenvalue weighted by molar-refractivity contribution is -0.143. The number of aromatic nitrogens is 1. The first-order valence-corrected chi connectivity index (χ1v) is 7.05. The molecular formula is C10H15N3O2S3. The van der Waals surface area contributed by atoms with E-state index in [0.29, 0.717) is 40.6 Å². The van der Waals surface area contributed by atoms with E-state index in [1.165, 1.54) is 11.3 Å². The molecule has 5 nitrogen and oxygen atoms in total. The second-order valence-corrected chi connectivity index (χ2v) is 5.59. The van der Waals surface area contributed by atoms with Gasteiger partial charge in [-0.05, 0) is 25.6 Å². The van der Waals surface area contributed by atoms with E-state index in [9.17, 15) is 4.79 Å². The molecule has 0 amide bonds. The largest absolute Gasteiger partial charge is 0.466 e. The summed E-state index contributed by atoms with van der Waals surface area (Å²) in [7, 11) is 0. The summed E-state index contributed by atoms with van der Waals surface area (Å²) >= 11 is 11.4. The van der Waals surface area contributed by atoms with Crippen LogP contribution in [0.2, 0.25) is 0 Å². The van der Waals surface area contributed by atoms with Gasteiger partial charge in [-0.15, -0.1) is 11.3 Å². The summed E-state index contributed by atoms with van der Waals surface area (Å²) in [6.07, 6.45) is 0.956. The highest BCUT2D eigenvalue weighted by atomic mass is 32.1. The molecule has 0 bridgehead atoms. The molecule has 0 atom stereocenters. The highest BCUT2D eigenvalue weighted by Gasteiger charge is 2.12. The van der Waals surface area contributed by atoms with E-state index in [1.807, 2.05) is 0 Å². The monoisotopic (exact) mass is 305 g/mol. The molecule has 100 valence electrons. The second-order valence-electron chi connectivity index (χ2n) is 3.51. The molecule has 1 rings (SSSR count). The summed E-state index contributed by atoms with van der Waals surface area (Å²) in [6, 6.07) is 0. The first-order chi connectivity index (χ1) is 8.47. The Kier molecular flexibility index (Phi) is 5.70. The standard InChI is InChI=1S/C10H15N3O2S3/c1-2-15-6(14)4-3-5-13-8(11)7(9(12)16)18-10(13)17/h2-5,11H2,1H3,(H2,12,16). The molecule has 0 unspecified atom stereocenters. The zero-order valence-corrected chi connectivity index (χ0v) is 12.4. The molecule has 0 saturated heterocycles. The molecule has 0 aliphatic carbocycles. The minimum absolute atomic E-state index is 0.215. The van der Waals surface area contributed by atoms with Crippen molar-refractivity contribution >= 4 is 52.5 Å². The average Bonchev–Trinajstić information content (AvgIpc) is 2.57. The van der Waals surface area contributed by atoms with E-state index in [0.717, 1.165) is 0 Å². The predicted molar refractivity (Wildman–Crippen MR) is 79.3 cm³/mol. The van der Waals surface area contributed by atoms with Crippen molar-refractivity contribution in [1.29, 1.82) is 0 Å². The number of carbonyl (C=O) groups is 1. The molecule has 4 N–H and O–H groups in total. The van der Waals surface area contributed by atoms with Crippen LogP contribution in [0.1, 0.15) is 24.6 Å². The lowest BCUT2D eigenvalue weighted by Gasteiger charge is -2.06. The van der Waals surface area contributed by atoms with Crippen LogP contribution in [0, 0.1) is 3.95 Å². The van der Waals surface area contributed by atoms with Crippen LogP contribution in [0.3, 0.4) is 0 Å². The van der Waals surface area contributed by atoms with Crippen molar-refractivity contribution in [3.8, 4) is 0 Å². The summed E-state index contributed by atoms with van der Waals surface area (Å²) in [4.78, 5) is 12.1. The number of nitrogens with zero attached hydrogens (tertiary/aromatic N) is 1. The SMILES string of the molecule is CCOC(=O)CCCn1c(N)c(C(N)=S)sc1=S. The fraction of sp³-hybridized carbons (Fsp3) is 0.500. The smallest absolute Gasteiger partial charge is 0.305 e. The van der Waals surface area contributed by atoms with Crippen LogP contribution in [0.15, 0.2) is 0 Å². The molecule has 0 radical (unpaired) electrons. The van der Waals surface area contributed by atoms with Crippen LogP contribution in [0.5, 0.6) is 0 Å². The van der Waals surface area contributed by atoms with Gasteiger partial charge in [0.05, 0.1) is 6.61 Å². The van der Waals surface area contributed by atoms with Crippen LogP contribution in [0.25, 0.3) is 0 Å². The minimum Gasteiger partial charge on any atom is -0.466 e. The van der Waals surface area contributed by atoms with Gasteiger partial charge in [-0.2, -0.15) is 0 Å². The van der Waals surface area contributed by atoms with Crippen LogP contribution in [-0.2, 0) is 16.1 Å². The normalized spacial score (nSPS) is 10.3. The number of carbonyl (C=O) groups excluding carboxylic acids is 1. The number of ether oxygens (including phenoxy) is 1. The van der Waals surface area contributed by atoms with Gasteiger partial charge < -0.3 is 20.8 Å². The molecule has 0 fully saturated rings. The number of hydrogen-bond acceptors (Lipinski definition) is 6. The number of rotatable bonds is 6. The van der Waals surface area contributed by atoms with Gasteiger partial charge in [0.2, 0.25) is 0 Å². The summed E-state index contributed by atoms with van der Waals surface area (Å²) in [5.41, 5.74) is 11.4. The van der Waals surface area contributed by atoms with Crippen molar-refractivity contribution < 1.29 is 9.53 Å². The zero-order valence-electron chi connectivity index (χ0n) is 9.97. The number of thiocarbonyl (C=S) groups is 1. The Hall–Kier alpha value is -0.990. The van der Waals surface area contributed by atoms with Crippen LogP contribution in [0.4, 0.5) is 5.82 Å². The van der Waals surface area contributed by atoms with Gasteiger partial charge in [0.25, 0.3) is 0 Å². The number of nitrogens with two attached hydrogens (primary N) is 2. The average molecular weight is 305 g/mol. The molecular weight excluding hydrogens is 290 g/mol. The van der Waals surface area contributed by atoms with Gasteiger partial charge in [0.15, 0.2) is 3.95 Å². The Balaban J connectivity index is 2.66. The molecule has 1 aromatic heterocycles. The summed E-state index contributed by atoms with van der Waals surface area (Å²) < 4.78 is 7.19. The van der Waals surface area contributed by atoms with E-state index < -0.39 is 0 Å². The Bertz CT molecular complexity index is 507. The number of hydrogen-bond donors (Lipinski definition) is 2. The third-order valence-electron chi connectivity index (χ3n) is 2.22. The molecule has 0 aromatic carbocycles. The van der Waals surface area contributed by atoms with Gasteiger partial charge >= 0.3 is 5.97 Å². The second kappa shape index (κ2) is 6.81. The Morgan fingerprint density at radius 2 is 2.22 bits per heavy atom. The Labute approximate surface area is 120 Å². The van der Waals surface area contributed by atoms with Gasteiger partial charge in [-0.1, -0.05) is 12.2 Å². The molecule has 8 heteroatoms. The number of anilines is 1. The van der Waals surface area contributed by atoms with Crippen molar-refractivity contribution in [2.24, 2.45) is 5.73 Å². The maximum absolute atomic E-state index is 11.2. The van der Waals surface area contributed by atoms with Crippen molar-refractivity contribution in [3.63, 3.8) is 0 Å². The maximum Gasteiger partial charge on any atom is 0.305 e. The molecule has 18 heavy (non-hydrogen) atoms. The molecule has 0 spiro atoms. The van der Waals surface area contributed by atoms with Crippen LogP contribution in [-0.4, -0.2) is 22.1 Å². The number of esters is 1. The van der Waals surface area contributed by atoms with Crippen molar-refractivity contribution in [2.75, 3.05) is 12.3 Å². The number of thiazole rings is 1. The predicted octanol–water partition coefficient (Wildman–Crippen LogP) is 1.84. The molecule has 1 aromatic rings. The van der Waals surface area contributed by atoms with Crippen molar-refractivity contribution in [2.45, 2.75) is 26.3 Å². The highest BCUT2D eigenvalue weighted by molar-refractivity contribution is 7.81. The Morgan fingerprint density at radius 1 is 1.56 bits per heavy atom. The number of nitrogen functional groups attached to an aromatic ring is 1. The van der Waals surface area contributed by atoms with Crippen molar-refractivity contribution in [3.05, 3.63) is 8.83 Å². The molecule has 0 aliphatic heterocycles. The molecule has 1 heterocycles. The van der Waals surface area contributed by atoms with E-state index >= 15 is 0 Å². The first kappa shape index (κ1) is 15.1. The van der Waals surface area contributed by atoms with Gasteiger partial charge in [0.1, 0.15) is 15.7 Å². The summed E-state index contributed by atoms with van der Waals surface area (Å²) in [5.74, 6) is 0.258. The fourth-order valence-electron chi connectivity index (χ4n) is 1.42. The lowest BCUT2D eigenvalue weighted by Crippen LogP contribution is -2.13. The maximum atomic E-state index is 11.2. The zero-order chi connectivity index (χ0) is 13.7. The van der Waals surface area contributed by atoms with E-state index in [2.05, 4.69) is 0 Å². The third-order valence-corrected chi connectivity index (χ3v) is 4.06. The van der Waals surface area contributed by atoms with Gasteiger partial charge in [-0.3, -0.25) is 4.79 Å². The minimum atomic E-state index is -0.215. The Morgan fingerprint density at radius 3 is 2.72 bits per heavy atom. The van der Waals surface area contributed by atoms with Crippen molar-refractivity contribution in [1.82, 2.24) is 4.57 Å². The van der Waals surface area contributed by atoms with E-state index in [4.69, 9.17) is 40.6 Å². The van der Waals surface area contributed by atoms with Crippen LogP contribution >= 0.6 is 35.8 Å². The van der Waals surface area contributed by atoms with Gasteiger partial charge in [-0.25, -0.2) is 0 Å². The first-order valence-electron chi connectivity index (χ1n) is 5.41. The van der Waals surface area contributed by atoms with Crippen LogP contribution < -0.4 is 11.5 Å². The van der Waals surface area contributed by atoms with E-state index in [-0.39, 0.29) is 11.0 Å². The summed E-state index contributed by atoms with van der Waals surface area (Å²) in [6.45, 7) is 2.73. The fourth-order valence-corrected chi connectivity index (χ4v) is 2.88. The quantitative estimate of drug-likeness (QED) is 0.616. The third kappa shape index (κ3) is 3.76.